The first-order valence-electron chi connectivity index (χ1n) is 12.7. The van der Waals surface area contributed by atoms with Gasteiger partial charge in [-0.1, -0.05) is 60.0 Å². The summed E-state index contributed by atoms with van der Waals surface area (Å²) in [4.78, 5) is 28.2. The van der Waals surface area contributed by atoms with Crippen molar-refractivity contribution in [2.45, 2.75) is 57.6 Å². The summed E-state index contributed by atoms with van der Waals surface area (Å²) in [6.07, 6.45) is 0.681. The lowest BCUT2D eigenvalue weighted by Gasteiger charge is -2.32. The Morgan fingerprint density at radius 1 is 0.975 bits per heavy atom. The van der Waals surface area contributed by atoms with Gasteiger partial charge in [-0.25, -0.2) is 12.8 Å². The van der Waals surface area contributed by atoms with Crippen molar-refractivity contribution >= 4 is 50.7 Å². The number of halogens is 3. The second-order valence-electron chi connectivity index (χ2n) is 9.56. The fraction of sp³-hybridized carbons (Fsp3) is 0.310. The molecule has 0 spiro atoms. The highest BCUT2D eigenvalue weighted by Gasteiger charge is 2.33. The Labute approximate surface area is 244 Å². The predicted octanol–water partition coefficient (Wildman–Crippen LogP) is 5.97. The fourth-order valence-corrected chi connectivity index (χ4v) is 5.72. The molecule has 0 heterocycles. The van der Waals surface area contributed by atoms with E-state index in [9.17, 15) is 22.4 Å². The van der Waals surface area contributed by atoms with Gasteiger partial charge in [0.05, 0.1) is 15.6 Å². The number of benzene rings is 3. The summed E-state index contributed by atoms with van der Waals surface area (Å²) in [6, 6.07) is 14.9. The van der Waals surface area contributed by atoms with Crippen molar-refractivity contribution in [2.24, 2.45) is 0 Å². The van der Waals surface area contributed by atoms with E-state index in [1.54, 1.807) is 19.1 Å². The molecule has 11 heteroatoms. The second-order valence-corrected chi connectivity index (χ2v) is 12.3. The smallest absolute Gasteiger partial charge is 0.264 e. The highest BCUT2D eigenvalue weighted by molar-refractivity contribution is 7.92. The van der Waals surface area contributed by atoms with E-state index in [1.807, 2.05) is 20.8 Å². The van der Waals surface area contributed by atoms with Gasteiger partial charge in [-0.2, -0.15) is 0 Å². The zero-order chi connectivity index (χ0) is 29.6. The minimum Gasteiger partial charge on any atom is -0.352 e. The average molecular weight is 609 g/mol. The summed E-state index contributed by atoms with van der Waals surface area (Å²) in [7, 11) is -4.29. The summed E-state index contributed by atoms with van der Waals surface area (Å²) in [5.74, 6) is -1.52. The number of nitrogens with one attached hydrogen (secondary N) is 1. The van der Waals surface area contributed by atoms with Gasteiger partial charge >= 0.3 is 0 Å². The van der Waals surface area contributed by atoms with Gasteiger partial charge in [0.1, 0.15) is 18.4 Å². The van der Waals surface area contributed by atoms with Crippen molar-refractivity contribution in [3.63, 3.8) is 0 Å². The van der Waals surface area contributed by atoms with Crippen LogP contribution in [0.3, 0.4) is 0 Å². The number of anilines is 1. The molecule has 2 amide bonds. The summed E-state index contributed by atoms with van der Waals surface area (Å²) < 4.78 is 42.2. The number of carbonyl (C=O) groups excluding carboxylic acids is 2. The standard InChI is InChI=1S/C29H32Cl2FN3O4S/c1-5-20(3)33-29(37)21(4)34(17-22-8-11-24(32)12-9-22)28(36)18-35(27-16-23(30)10-15-26(27)31)40(38,39)25-13-6-19(2)7-14-25/h6-16,20-21H,5,17-18H2,1-4H3,(H,33,37)/t20-,21-/m1/s1. The molecule has 0 radical (unpaired) electrons. The maximum atomic E-state index is 13.9. The molecule has 2 atom stereocenters. The lowest BCUT2D eigenvalue weighted by molar-refractivity contribution is -0.139. The van der Waals surface area contributed by atoms with E-state index in [-0.39, 0.29) is 33.2 Å². The van der Waals surface area contributed by atoms with Crippen molar-refractivity contribution < 1.29 is 22.4 Å². The first-order chi connectivity index (χ1) is 18.8. The van der Waals surface area contributed by atoms with Crippen LogP contribution in [0.25, 0.3) is 0 Å². The van der Waals surface area contributed by atoms with Crippen LogP contribution in [0.15, 0.2) is 71.6 Å². The average Bonchev–Trinajstić information content (AvgIpc) is 2.92. The topological polar surface area (TPSA) is 86.8 Å². The van der Waals surface area contributed by atoms with Gasteiger partial charge in [-0.15, -0.1) is 0 Å². The Morgan fingerprint density at radius 2 is 1.60 bits per heavy atom. The third-order valence-electron chi connectivity index (χ3n) is 6.50. The summed E-state index contributed by atoms with van der Waals surface area (Å²) >= 11 is 12.6. The zero-order valence-corrected chi connectivity index (χ0v) is 25.0. The lowest BCUT2D eigenvalue weighted by Crippen LogP contribution is -2.52. The van der Waals surface area contributed by atoms with E-state index >= 15 is 0 Å². The third kappa shape index (κ3) is 7.74. The Bertz CT molecular complexity index is 1450. The van der Waals surface area contributed by atoms with Crippen molar-refractivity contribution in [2.75, 3.05) is 10.8 Å². The molecule has 214 valence electrons. The number of sulfonamides is 1. The molecule has 0 saturated carbocycles. The molecule has 0 aliphatic rings. The van der Waals surface area contributed by atoms with Crippen LogP contribution in [0.1, 0.15) is 38.3 Å². The largest absolute Gasteiger partial charge is 0.352 e. The summed E-state index contributed by atoms with van der Waals surface area (Å²) in [5, 5.41) is 3.15. The zero-order valence-electron chi connectivity index (χ0n) is 22.7. The van der Waals surface area contributed by atoms with Gasteiger partial charge in [0, 0.05) is 17.6 Å². The minimum absolute atomic E-state index is 0.0153. The SMILES string of the molecule is CC[C@@H](C)NC(=O)[C@@H](C)N(Cc1ccc(F)cc1)C(=O)CN(c1cc(Cl)ccc1Cl)S(=O)(=O)c1ccc(C)cc1. The number of hydrogen-bond donors (Lipinski definition) is 1. The van der Waals surface area contributed by atoms with Crippen LogP contribution >= 0.6 is 23.2 Å². The Morgan fingerprint density at radius 3 is 2.20 bits per heavy atom. The molecule has 1 N–H and O–H groups in total. The Kier molecular flexibility index (Phi) is 10.6. The molecule has 0 saturated heterocycles. The van der Waals surface area contributed by atoms with Crippen molar-refractivity contribution in [1.29, 1.82) is 0 Å². The number of hydrogen-bond acceptors (Lipinski definition) is 4. The summed E-state index contributed by atoms with van der Waals surface area (Å²) in [6.45, 7) is 6.41. The molecule has 0 bridgehead atoms. The molecule has 0 unspecified atom stereocenters. The minimum atomic E-state index is -4.29. The second kappa shape index (κ2) is 13.5. The van der Waals surface area contributed by atoms with Crippen LogP contribution in [0.5, 0.6) is 0 Å². The number of nitrogens with zero attached hydrogens (tertiary/aromatic N) is 2. The number of amides is 2. The molecule has 0 aromatic heterocycles. The van der Waals surface area contributed by atoms with Gasteiger partial charge in [0.25, 0.3) is 10.0 Å². The summed E-state index contributed by atoms with van der Waals surface area (Å²) in [5.41, 5.74) is 1.43. The predicted molar refractivity (Wildman–Crippen MR) is 156 cm³/mol. The normalized spacial score (nSPS) is 12.9. The molecule has 7 nitrogen and oxygen atoms in total. The first-order valence-corrected chi connectivity index (χ1v) is 14.9. The number of aryl methyl sites for hydroxylation is 1. The van der Waals surface area contributed by atoms with Gasteiger partial charge in [-0.05, 0) is 75.2 Å². The van der Waals surface area contributed by atoms with Crippen LogP contribution < -0.4 is 9.62 Å². The molecular formula is C29H32Cl2FN3O4S. The van der Waals surface area contributed by atoms with Crippen molar-refractivity contribution in [1.82, 2.24) is 10.2 Å². The maximum Gasteiger partial charge on any atom is 0.264 e. The van der Waals surface area contributed by atoms with E-state index in [1.165, 1.54) is 59.5 Å². The highest BCUT2D eigenvalue weighted by atomic mass is 35.5. The molecule has 0 aliphatic heterocycles. The molecule has 0 aliphatic carbocycles. The van der Waals surface area contributed by atoms with Crippen molar-refractivity contribution in [3.8, 4) is 0 Å². The van der Waals surface area contributed by atoms with Gasteiger partial charge in [-0.3, -0.25) is 13.9 Å². The van der Waals surface area contributed by atoms with Gasteiger partial charge < -0.3 is 10.2 Å². The van der Waals surface area contributed by atoms with Crippen molar-refractivity contribution in [3.05, 3.63) is 93.7 Å². The maximum absolute atomic E-state index is 13.9. The van der Waals surface area contributed by atoms with E-state index in [0.29, 0.717) is 12.0 Å². The third-order valence-corrected chi connectivity index (χ3v) is 8.83. The first kappa shape index (κ1) is 31.4. The van der Waals surface area contributed by atoms with Crippen LogP contribution in [0, 0.1) is 12.7 Å². The number of rotatable bonds is 11. The number of carbonyl (C=O) groups is 2. The molecule has 3 rings (SSSR count). The quantitative estimate of drug-likeness (QED) is 0.291. The van der Waals surface area contributed by atoms with E-state index in [2.05, 4.69) is 5.32 Å². The molecule has 40 heavy (non-hydrogen) atoms. The van der Waals surface area contributed by atoms with Crippen LogP contribution in [0.4, 0.5) is 10.1 Å². The fourth-order valence-electron chi connectivity index (χ4n) is 3.86. The molecule has 0 fully saturated rings. The molecule has 3 aromatic carbocycles. The Balaban J connectivity index is 2.06. The monoisotopic (exact) mass is 607 g/mol. The van der Waals surface area contributed by atoms with Crippen LogP contribution in [-0.4, -0.2) is 43.8 Å². The van der Waals surface area contributed by atoms with Gasteiger partial charge in [0.2, 0.25) is 11.8 Å². The Hall–Kier alpha value is -3.14. The molecule has 3 aromatic rings. The van der Waals surface area contributed by atoms with E-state index < -0.39 is 40.2 Å². The highest BCUT2D eigenvalue weighted by Crippen LogP contribution is 2.33. The van der Waals surface area contributed by atoms with Gasteiger partial charge in [0.15, 0.2) is 0 Å². The van der Waals surface area contributed by atoms with Crippen LogP contribution in [0.2, 0.25) is 10.0 Å². The molecular weight excluding hydrogens is 576 g/mol. The van der Waals surface area contributed by atoms with E-state index in [4.69, 9.17) is 23.2 Å². The lowest BCUT2D eigenvalue weighted by atomic mass is 10.1. The van der Waals surface area contributed by atoms with E-state index in [0.717, 1.165) is 9.87 Å². The van der Waals surface area contributed by atoms with Crippen LogP contribution in [-0.2, 0) is 26.2 Å².